The molecule has 26 heavy (non-hydrogen) atoms. The summed E-state index contributed by atoms with van der Waals surface area (Å²) in [5.41, 5.74) is 2.09. The van der Waals surface area contributed by atoms with E-state index in [9.17, 15) is 4.79 Å². The molecular weight excluding hydrogens is 348 g/mol. The minimum Gasteiger partial charge on any atom is -0.469 e. The number of carbonyl (C=O) groups excluding carboxylic acids is 1. The molecule has 0 N–H and O–H groups in total. The first kappa shape index (κ1) is 20.5. The first-order valence-electron chi connectivity index (χ1n) is 9.19. The summed E-state index contributed by atoms with van der Waals surface area (Å²) < 4.78 is 5.30. The first-order chi connectivity index (χ1) is 12.1. The van der Waals surface area contributed by atoms with E-state index in [4.69, 9.17) is 4.42 Å². The van der Waals surface area contributed by atoms with Crippen LogP contribution in [0, 0.1) is 6.92 Å². The SMILES string of the molecule is Cc1occc1C(=O)N1C[C@@H](C)N(CCCc2ccccc2)C[C@@H]1C.Cl. The number of hydrogen-bond acceptors (Lipinski definition) is 3. The van der Waals surface area contributed by atoms with Gasteiger partial charge in [-0.05, 0) is 51.8 Å². The largest absolute Gasteiger partial charge is 0.469 e. The highest BCUT2D eigenvalue weighted by atomic mass is 35.5. The Morgan fingerprint density at radius 3 is 2.50 bits per heavy atom. The maximum absolute atomic E-state index is 12.8. The van der Waals surface area contributed by atoms with Crippen molar-refractivity contribution in [1.29, 1.82) is 0 Å². The van der Waals surface area contributed by atoms with Gasteiger partial charge in [0.15, 0.2) is 0 Å². The van der Waals surface area contributed by atoms with Crippen LogP contribution in [0.3, 0.4) is 0 Å². The number of halogens is 1. The van der Waals surface area contributed by atoms with E-state index in [1.807, 2.05) is 11.8 Å². The van der Waals surface area contributed by atoms with E-state index in [1.54, 1.807) is 12.3 Å². The van der Waals surface area contributed by atoms with Crippen LogP contribution >= 0.6 is 12.4 Å². The topological polar surface area (TPSA) is 36.7 Å². The van der Waals surface area contributed by atoms with Gasteiger partial charge >= 0.3 is 0 Å². The molecule has 1 aliphatic rings. The van der Waals surface area contributed by atoms with Gasteiger partial charge < -0.3 is 9.32 Å². The lowest BCUT2D eigenvalue weighted by Gasteiger charge is -2.44. The van der Waals surface area contributed by atoms with Gasteiger partial charge in [0.25, 0.3) is 5.91 Å². The molecule has 0 unspecified atom stereocenters. The number of furan rings is 1. The molecule has 3 rings (SSSR count). The Hall–Kier alpha value is -1.78. The van der Waals surface area contributed by atoms with E-state index in [0.717, 1.165) is 32.5 Å². The number of nitrogens with zero attached hydrogens (tertiary/aromatic N) is 2. The van der Waals surface area contributed by atoms with Gasteiger partial charge in [-0.1, -0.05) is 30.3 Å². The zero-order valence-electron chi connectivity index (χ0n) is 15.9. The summed E-state index contributed by atoms with van der Waals surface area (Å²) in [5, 5.41) is 0. The van der Waals surface area contributed by atoms with Gasteiger partial charge in [0, 0.05) is 25.2 Å². The summed E-state index contributed by atoms with van der Waals surface area (Å²) in [6.07, 6.45) is 3.85. The summed E-state index contributed by atoms with van der Waals surface area (Å²) in [7, 11) is 0. The monoisotopic (exact) mass is 376 g/mol. The molecular formula is C21H29ClN2O2. The second-order valence-electron chi connectivity index (χ2n) is 7.13. The number of amides is 1. The molecule has 142 valence electrons. The van der Waals surface area contributed by atoms with Crippen LogP contribution in [-0.2, 0) is 6.42 Å². The lowest BCUT2D eigenvalue weighted by atomic mass is 10.0. The molecule has 0 spiro atoms. The Kier molecular flexibility index (Phi) is 7.30. The van der Waals surface area contributed by atoms with Crippen LogP contribution in [0.5, 0.6) is 0 Å². The highest BCUT2D eigenvalue weighted by molar-refractivity contribution is 5.95. The standard InChI is InChI=1S/C21H28N2O2.ClH/c1-16-15-23(21(24)20-11-13-25-18(20)3)17(2)14-22(16)12-7-10-19-8-5-4-6-9-19;/h4-6,8-9,11,13,16-17H,7,10,12,14-15H2,1-3H3;1H/t16-,17+;/m1./s1. The molecule has 1 fully saturated rings. The predicted molar refractivity (Wildman–Crippen MR) is 107 cm³/mol. The highest BCUT2D eigenvalue weighted by Gasteiger charge is 2.32. The van der Waals surface area contributed by atoms with Crippen molar-refractivity contribution >= 4 is 18.3 Å². The molecule has 2 atom stereocenters. The Morgan fingerprint density at radius 2 is 1.85 bits per heavy atom. The Bertz CT molecular complexity index is 701. The molecule has 0 bridgehead atoms. The van der Waals surface area contributed by atoms with Crippen molar-refractivity contribution in [2.45, 2.75) is 45.7 Å². The van der Waals surface area contributed by atoms with Crippen LogP contribution < -0.4 is 0 Å². The fourth-order valence-corrected chi connectivity index (χ4v) is 3.69. The maximum Gasteiger partial charge on any atom is 0.257 e. The smallest absolute Gasteiger partial charge is 0.257 e. The van der Waals surface area contributed by atoms with Crippen LogP contribution in [0.25, 0.3) is 0 Å². The van der Waals surface area contributed by atoms with E-state index in [0.29, 0.717) is 17.4 Å². The Morgan fingerprint density at radius 1 is 1.12 bits per heavy atom. The van der Waals surface area contributed by atoms with Crippen LogP contribution in [0.2, 0.25) is 0 Å². The molecule has 1 aromatic heterocycles. The number of aryl methyl sites for hydroxylation is 2. The van der Waals surface area contributed by atoms with Crippen LogP contribution in [-0.4, -0.2) is 47.4 Å². The Labute approximate surface area is 162 Å². The van der Waals surface area contributed by atoms with E-state index < -0.39 is 0 Å². The van der Waals surface area contributed by atoms with Crippen molar-refractivity contribution < 1.29 is 9.21 Å². The van der Waals surface area contributed by atoms with E-state index in [1.165, 1.54) is 5.56 Å². The quantitative estimate of drug-likeness (QED) is 0.785. The molecule has 1 saturated heterocycles. The lowest BCUT2D eigenvalue weighted by Crippen LogP contribution is -2.58. The summed E-state index contributed by atoms with van der Waals surface area (Å²) >= 11 is 0. The van der Waals surface area contributed by atoms with E-state index in [2.05, 4.69) is 49.1 Å². The predicted octanol–water partition coefficient (Wildman–Crippen LogP) is 4.18. The summed E-state index contributed by atoms with van der Waals surface area (Å²) in [6.45, 7) is 8.99. The van der Waals surface area contributed by atoms with Gasteiger partial charge in [-0.15, -0.1) is 12.4 Å². The van der Waals surface area contributed by atoms with Crippen molar-refractivity contribution in [3.05, 3.63) is 59.5 Å². The minimum atomic E-state index is 0. The second kappa shape index (κ2) is 9.24. The van der Waals surface area contributed by atoms with Gasteiger partial charge in [0.2, 0.25) is 0 Å². The van der Waals surface area contributed by atoms with E-state index in [-0.39, 0.29) is 24.4 Å². The molecule has 4 nitrogen and oxygen atoms in total. The fourth-order valence-electron chi connectivity index (χ4n) is 3.69. The van der Waals surface area contributed by atoms with Gasteiger partial charge in [-0.3, -0.25) is 9.69 Å². The molecule has 1 aromatic carbocycles. The molecule has 2 aromatic rings. The van der Waals surface area contributed by atoms with Crippen molar-refractivity contribution in [2.75, 3.05) is 19.6 Å². The zero-order valence-corrected chi connectivity index (χ0v) is 16.7. The lowest BCUT2D eigenvalue weighted by molar-refractivity contribution is 0.0313. The van der Waals surface area contributed by atoms with Crippen molar-refractivity contribution in [3.8, 4) is 0 Å². The summed E-state index contributed by atoms with van der Waals surface area (Å²) in [6, 6.07) is 13.0. The highest BCUT2D eigenvalue weighted by Crippen LogP contribution is 2.20. The fraction of sp³-hybridized carbons (Fsp3) is 0.476. The van der Waals surface area contributed by atoms with Crippen LogP contribution in [0.4, 0.5) is 0 Å². The Balaban J connectivity index is 0.00000243. The van der Waals surface area contributed by atoms with Crippen molar-refractivity contribution in [3.63, 3.8) is 0 Å². The number of rotatable bonds is 5. The third kappa shape index (κ3) is 4.68. The van der Waals surface area contributed by atoms with Crippen molar-refractivity contribution in [2.24, 2.45) is 0 Å². The normalized spacial score (nSPS) is 20.7. The van der Waals surface area contributed by atoms with Gasteiger partial charge in [0.1, 0.15) is 5.76 Å². The average Bonchev–Trinajstić information content (AvgIpc) is 3.04. The number of piperazine rings is 1. The number of carbonyl (C=O) groups is 1. The third-order valence-electron chi connectivity index (χ3n) is 5.22. The number of benzene rings is 1. The van der Waals surface area contributed by atoms with Crippen LogP contribution in [0.1, 0.15) is 41.9 Å². The van der Waals surface area contributed by atoms with Gasteiger partial charge in [0.05, 0.1) is 11.8 Å². The second-order valence-corrected chi connectivity index (χ2v) is 7.13. The molecule has 0 saturated carbocycles. The van der Waals surface area contributed by atoms with Gasteiger partial charge in [-0.25, -0.2) is 0 Å². The first-order valence-corrected chi connectivity index (χ1v) is 9.19. The molecule has 1 amide bonds. The summed E-state index contributed by atoms with van der Waals surface area (Å²) in [4.78, 5) is 17.3. The molecule has 1 aliphatic heterocycles. The molecule has 0 radical (unpaired) electrons. The number of hydrogen-bond donors (Lipinski definition) is 0. The molecule has 0 aliphatic carbocycles. The average molecular weight is 377 g/mol. The molecule has 5 heteroatoms. The van der Waals surface area contributed by atoms with Crippen molar-refractivity contribution in [1.82, 2.24) is 9.80 Å². The summed E-state index contributed by atoms with van der Waals surface area (Å²) in [5.74, 6) is 0.796. The van der Waals surface area contributed by atoms with Crippen LogP contribution in [0.15, 0.2) is 47.1 Å². The third-order valence-corrected chi connectivity index (χ3v) is 5.22. The van der Waals surface area contributed by atoms with Gasteiger partial charge in [-0.2, -0.15) is 0 Å². The zero-order chi connectivity index (χ0) is 17.8. The minimum absolute atomic E-state index is 0. The van der Waals surface area contributed by atoms with E-state index >= 15 is 0 Å². The molecule has 2 heterocycles. The maximum atomic E-state index is 12.8.